The van der Waals surface area contributed by atoms with Gasteiger partial charge in [0.1, 0.15) is 0 Å². The number of aryl methyl sites for hydroxylation is 2. The van der Waals surface area contributed by atoms with E-state index >= 15 is 0 Å². The summed E-state index contributed by atoms with van der Waals surface area (Å²) >= 11 is 0. The summed E-state index contributed by atoms with van der Waals surface area (Å²) in [5, 5.41) is 2.39. The molecular weight excluding hydrogens is 364 g/mol. The zero-order valence-electron chi connectivity index (χ0n) is 18.2. The van der Waals surface area contributed by atoms with Gasteiger partial charge in [0, 0.05) is 22.2 Å². The summed E-state index contributed by atoms with van der Waals surface area (Å²) in [5.74, 6) is 1.34. The Hall–Kier alpha value is -3.00. The van der Waals surface area contributed by atoms with Gasteiger partial charge >= 0.3 is 0 Å². The molecule has 0 radical (unpaired) electrons. The van der Waals surface area contributed by atoms with Gasteiger partial charge in [-0.15, -0.1) is 0 Å². The SMILES string of the molecule is Cc1cc(C2=CC(C)CC(C)C2)c2ccc3c(-c4ccccc4)cc(C)nc3c2n1. The van der Waals surface area contributed by atoms with Gasteiger partial charge in [-0.3, -0.25) is 9.97 Å². The highest BCUT2D eigenvalue weighted by atomic mass is 14.8. The molecule has 2 unspecified atom stereocenters. The van der Waals surface area contributed by atoms with Crippen LogP contribution in [0.15, 0.2) is 60.7 Å². The van der Waals surface area contributed by atoms with Crippen molar-refractivity contribution < 1.29 is 0 Å². The largest absolute Gasteiger partial charge is 0.251 e. The molecule has 2 nitrogen and oxygen atoms in total. The number of nitrogens with zero attached hydrogens (tertiary/aromatic N) is 2. The summed E-state index contributed by atoms with van der Waals surface area (Å²) < 4.78 is 0. The molecule has 0 spiro atoms. The molecule has 2 atom stereocenters. The van der Waals surface area contributed by atoms with E-state index in [2.05, 4.69) is 88.4 Å². The Balaban J connectivity index is 1.81. The Bertz CT molecular complexity index is 1280. The second-order valence-electron chi connectivity index (χ2n) is 9.06. The van der Waals surface area contributed by atoms with Crippen LogP contribution in [0.1, 0.15) is 43.6 Å². The van der Waals surface area contributed by atoms with Crippen LogP contribution in [-0.2, 0) is 0 Å². The molecule has 0 amide bonds. The van der Waals surface area contributed by atoms with Crippen molar-refractivity contribution in [2.24, 2.45) is 11.8 Å². The minimum absolute atomic E-state index is 0.623. The Kier molecular flexibility index (Phi) is 4.66. The topological polar surface area (TPSA) is 25.8 Å². The number of rotatable bonds is 2. The number of aromatic nitrogens is 2. The van der Waals surface area contributed by atoms with E-state index in [4.69, 9.17) is 9.97 Å². The van der Waals surface area contributed by atoms with E-state index in [-0.39, 0.29) is 0 Å². The van der Waals surface area contributed by atoms with E-state index in [0.29, 0.717) is 11.8 Å². The van der Waals surface area contributed by atoms with Crippen LogP contribution in [0.4, 0.5) is 0 Å². The third kappa shape index (κ3) is 3.31. The first kappa shape index (κ1) is 19.0. The van der Waals surface area contributed by atoms with E-state index in [1.165, 1.54) is 39.5 Å². The van der Waals surface area contributed by atoms with Gasteiger partial charge in [-0.25, -0.2) is 0 Å². The number of hydrogen-bond acceptors (Lipinski definition) is 2. The highest BCUT2D eigenvalue weighted by molar-refractivity contribution is 6.10. The quantitative estimate of drug-likeness (QED) is 0.330. The van der Waals surface area contributed by atoms with Crippen LogP contribution < -0.4 is 0 Å². The fourth-order valence-electron chi connectivity index (χ4n) is 5.13. The first-order valence-electron chi connectivity index (χ1n) is 11.0. The van der Waals surface area contributed by atoms with Gasteiger partial charge in [0.15, 0.2) is 0 Å². The zero-order chi connectivity index (χ0) is 20.8. The molecular formula is C28H28N2. The number of pyridine rings is 2. The Morgan fingerprint density at radius 2 is 1.37 bits per heavy atom. The molecule has 30 heavy (non-hydrogen) atoms. The van der Waals surface area contributed by atoms with Crippen LogP contribution in [0.5, 0.6) is 0 Å². The second kappa shape index (κ2) is 7.36. The first-order chi connectivity index (χ1) is 14.5. The highest BCUT2D eigenvalue weighted by Gasteiger charge is 2.20. The monoisotopic (exact) mass is 392 g/mol. The maximum absolute atomic E-state index is 4.98. The van der Waals surface area contributed by atoms with Crippen molar-refractivity contribution in [3.8, 4) is 11.1 Å². The number of allylic oxidation sites excluding steroid dienone is 2. The third-order valence-electron chi connectivity index (χ3n) is 6.27. The predicted octanol–water partition coefficient (Wildman–Crippen LogP) is 7.52. The van der Waals surface area contributed by atoms with Crippen molar-refractivity contribution in [1.29, 1.82) is 0 Å². The van der Waals surface area contributed by atoms with Crippen molar-refractivity contribution in [3.05, 3.63) is 77.6 Å². The lowest BCUT2D eigenvalue weighted by atomic mass is 9.81. The normalized spacial score (nSPS) is 19.3. The zero-order valence-corrected chi connectivity index (χ0v) is 18.2. The number of hydrogen-bond donors (Lipinski definition) is 0. The molecule has 0 saturated carbocycles. The maximum Gasteiger partial charge on any atom is 0.0974 e. The fraction of sp³-hybridized carbons (Fsp3) is 0.286. The number of benzene rings is 2. The molecule has 5 rings (SSSR count). The van der Waals surface area contributed by atoms with E-state index in [0.717, 1.165) is 28.8 Å². The second-order valence-corrected chi connectivity index (χ2v) is 9.06. The van der Waals surface area contributed by atoms with Crippen LogP contribution in [-0.4, -0.2) is 9.97 Å². The summed E-state index contributed by atoms with van der Waals surface area (Å²) in [4.78, 5) is 9.95. The molecule has 150 valence electrons. The summed E-state index contributed by atoms with van der Waals surface area (Å²) in [6, 6.07) is 19.5. The van der Waals surface area contributed by atoms with Crippen molar-refractivity contribution >= 4 is 27.4 Å². The van der Waals surface area contributed by atoms with E-state index < -0.39 is 0 Å². The third-order valence-corrected chi connectivity index (χ3v) is 6.27. The van der Waals surface area contributed by atoms with E-state index in [1.54, 1.807) is 0 Å². The molecule has 0 aliphatic heterocycles. The standard InChI is InChI=1S/C28H28N2/c1-17-12-18(2)14-22(13-17)26-16-20(4)30-28-24(26)11-10-23-25(15-19(3)29-27(23)28)21-8-6-5-7-9-21/h5-11,13,15-18H,12,14H2,1-4H3. The molecule has 2 aromatic heterocycles. The summed E-state index contributed by atoms with van der Waals surface area (Å²) in [5.41, 5.74) is 9.36. The van der Waals surface area contributed by atoms with Gasteiger partial charge in [0.25, 0.3) is 0 Å². The Labute approximate surface area is 178 Å². The van der Waals surface area contributed by atoms with Gasteiger partial charge in [-0.2, -0.15) is 0 Å². The molecule has 1 aliphatic rings. The van der Waals surface area contributed by atoms with Crippen LogP contribution in [0, 0.1) is 25.7 Å². The number of fused-ring (bicyclic) bond motifs is 3. The highest BCUT2D eigenvalue weighted by Crippen LogP contribution is 2.39. The molecule has 0 bridgehead atoms. The van der Waals surface area contributed by atoms with Crippen molar-refractivity contribution in [2.45, 2.75) is 40.5 Å². The van der Waals surface area contributed by atoms with Crippen LogP contribution in [0.3, 0.4) is 0 Å². The van der Waals surface area contributed by atoms with Gasteiger partial charge in [-0.05, 0) is 72.9 Å². The predicted molar refractivity (Wildman–Crippen MR) is 127 cm³/mol. The average Bonchev–Trinajstić information content (AvgIpc) is 2.72. The van der Waals surface area contributed by atoms with E-state index in [1.807, 2.05) is 0 Å². The van der Waals surface area contributed by atoms with Crippen molar-refractivity contribution in [3.63, 3.8) is 0 Å². The molecule has 1 aliphatic carbocycles. The molecule has 4 aromatic rings. The van der Waals surface area contributed by atoms with Crippen LogP contribution >= 0.6 is 0 Å². The minimum Gasteiger partial charge on any atom is -0.251 e. The molecule has 0 fully saturated rings. The van der Waals surface area contributed by atoms with Crippen molar-refractivity contribution in [2.75, 3.05) is 0 Å². The Morgan fingerprint density at radius 3 is 2.00 bits per heavy atom. The van der Waals surface area contributed by atoms with Gasteiger partial charge in [0.05, 0.1) is 11.0 Å². The lowest BCUT2D eigenvalue weighted by Gasteiger charge is -2.25. The minimum atomic E-state index is 0.623. The molecule has 2 aromatic carbocycles. The van der Waals surface area contributed by atoms with Crippen molar-refractivity contribution in [1.82, 2.24) is 9.97 Å². The molecule has 0 N–H and O–H groups in total. The lowest BCUT2D eigenvalue weighted by molar-refractivity contribution is 0.457. The summed E-state index contributed by atoms with van der Waals surface area (Å²) in [6.07, 6.45) is 4.88. The smallest absolute Gasteiger partial charge is 0.0974 e. The first-order valence-corrected chi connectivity index (χ1v) is 11.0. The maximum atomic E-state index is 4.98. The van der Waals surface area contributed by atoms with Crippen LogP contribution in [0.2, 0.25) is 0 Å². The van der Waals surface area contributed by atoms with E-state index in [9.17, 15) is 0 Å². The molecule has 0 saturated heterocycles. The average molecular weight is 393 g/mol. The molecule has 2 heteroatoms. The fourth-order valence-corrected chi connectivity index (χ4v) is 5.13. The Morgan fingerprint density at radius 1 is 0.767 bits per heavy atom. The lowest BCUT2D eigenvalue weighted by Crippen LogP contribution is -2.09. The summed E-state index contributed by atoms with van der Waals surface area (Å²) in [7, 11) is 0. The van der Waals surface area contributed by atoms with Crippen LogP contribution in [0.25, 0.3) is 38.5 Å². The summed E-state index contributed by atoms with van der Waals surface area (Å²) in [6.45, 7) is 8.88. The van der Waals surface area contributed by atoms with Gasteiger partial charge in [0.2, 0.25) is 0 Å². The van der Waals surface area contributed by atoms with Gasteiger partial charge < -0.3 is 0 Å². The molecule has 2 heterocycles. The van der Waals surface area contributed by atoms with Gasteiger partial charge in [-0.1, -0.05) is 62.4 Å².